The van der Waals surface area contributed by atoms with Gasteiger partial charge in [0.15, 0.2) is 0 Å². The fraction of sp³-hybridized carbons (Fsp3) is 0.294. The Morgan fingerprint density at radius 1 is 1.15 bits per heavy atom. The summed E-state index contributed by atoms with van der Waals surface area (Å²) in [4.78, 5) is 6.59. The lowest BCUT2D eigenvalue weighted by atomic mass is 9.88. The van der Waals surface area contributed by atoms with E-state index in [1.54, 1.807) is 6.07 Å². The zero-order chi connectivity index (χ0) is 13.9. The second-order valence-electron chi connectivity index (χ2n) is 5.27. The van der Waals surface area contributed by atoms with Crippen molar-refractivity contribution in [3.8, 4) is 6.07 Å². The van der Waals surface area contributed by atoms with Crippen LogP contribution in [0, 0.1) is 11.3 Å². The van der Waals surface area contributed by atoms with Crippen molar-refractivity contribution in [3.63, 3.8) is 0 Å². The zero-order valence-electron chi connectivity index (χ0n) is 11.6. The van der Waals surface area contributed by atoms with Crippen molar-refractivity contribution in [1.29, 1.82) is 5.26 Å². The van der Waals surface area contributed by atoms with Crippen molar-refractivity contribution in [2.75, 3.05) is 11.9 Å². The number of hydrogen-bond donors (Lipinski definition) is 0. The number of likely N-dealkylation sites (N-methyl/N-ethyl adjacent to an activating group) is 1. The van der Waals surface area contributed by atoms with Crippen molar-refractivity contribution >= 4 is 5.82 Å². The quantitative estimate of drug-likeness (QED) is 0.836. The number of hydrogen-bond acceptors (Lipinski definition) is 3. The van der Waals surface area contributed by atoms with Crippen LogP contribution in [0.1, 0.15) is 23.2 Å². The molecule has 0 spiro atoms. The summed E-state index contributed by atoms with van der Waals surface area (Å²) < 4.78 is 0. The molecule has 0 N–H and O–H groups in total. The summed E-state index contributed by atoms with van der Waals surface area (Å²) >= 11 is 0. The Labute approximate surface area is 119 Å². The van der Waals surface area contributed by atoms with Crippen LogP contribution in [0.15, 0.2) is 42.5 Å². The maximum atomic E-state index is 8.95. The van der Waals surface area contributed by atoms with Crippen molar-refractivity contribution in [3.05, 3.63) is 59.3 Å². The predicted octanol–water partition coefficient (Wildman–Crippen LogP) is 2.95. The highest BCUT2D eigenvalue weighted by Gasteiger charge is 2.22. The van der Waals surface area contributed by atoms with Gasteiger partial charge in [0.1, 0.15) is 17.6 Å². The van der Waals surface area contributed by atoms with Gasteiger partial charge in [0.05, 0.1) is 0 Å². The summed E-state index contributed by atoms with van der Waals surface area (Å²) in [5.74, 6) is 0.883. The van der Waals surface area contributed by atoms with E-state index < -0.39 is 0 Å². The number of benzene rings is 1. The molecule has 2 aromatic rings. The third-order valence-electron chi connectivity index (χ3n) is 4.08. The summed E-state index contributed by atoms with van der Waals surface area (Å²) in [7, 11) is 2.07. The fourth-order valence-corrected chi connectivity index (χ4v) is 2.88. The first kappa shape index (κ1) is 12.7. The van der Waals surface area contributed by atoms with Crippen LogP contribution in [-0.2, 0) is 12.8 Å². The summed E-state index contributed by atoms with van der Waals surface area (Å²) in [6.45, 7) is 0. The molecule has 1 heterocycles. The van der Waals surface area contributed by atoms with E-state index in [0.717, 1.165) is 25.1 Å². The van der Waals surface area contributed by atoms with Crippen LogP contribution in [0.5, 0.6) is 0 Å². The minimum absolute atomic E-state index is 0.450. The molecule has 3 heteroatoms. The van der Waals surface area contributed by atoms with Crippen LogP contribution in [0.2, 0.25) is 0 Å². The monoisotopic (exact) mass is 263 g/mol. The first-order chi connectivity index (χ1) is 9.78. The molecule has 1 aromatic heterocycles. The summed E-state index contributed by atoms with van der Waals surface area (Å²) in [5, 5.41) is 8.95. The summed E-state index contributed by atoms with van der Waals surface area (Å²) in [6, 6.07) is 16.8. The molecular weight excluding hydrogens is 246 g/mol. The molecule has 1 aromatic carbocycles. The molecule has 1 aliphatic rings. The Hall–Kier alpha value is -2.34. The number of aromatic nitrogens is 1. The average Bonchev–Trinajstić information content (AvgIpc) is 2.53. The number of pyridine rings is 1. The van der Waals surface area contributed by atoms with Crippen molar-refractivity contribution in [2.45, 2.75) is 25.3 Å². The highest BCUT2D eigenvalue weighted by Crippen LogP contribution is 2.26. The molecule has 0 aliphatic heterocycles. The Morgan fingerprint density at radius 2 is 1.95 bits per heavy atom. The lowest BCUT2D eigenvalue weighted by Gasteiger charge is -2.33. The van der Waals surface area contributed by atoms with Crippen molar-refractivity contribution < 1.29 is 0 Å². The third kappa shape index (κ3) is 2.37. The van der Waals surface area contributed by atoms with Gasteiger partial charge in [0.25, 0.3) is 0 Å². The Kier molecular flexibility index (Phi) is 3.39. The topological polar surface area (TPSA) is 39.9 Å². The van der Waals surface area contributed by atoms with E-state index in [1.165, 1.54) is 11.1 Å². The molecule has 3 rings (SSSR count). The van der Waals surface area contributed by atoms with Gasteiger partial charge >= 0.3 is 0 Å². The van der Waals surface area contributed by atoms with Gasteiger partial charge in [-0.3, -0.25) is 0 Å². The summed E-state index contributed by atoms with van der Waals surface area (Å²) in [6.07, 6.45) is 3.29. The van der Waals surface area contributed by atoms with Gasteiger partial charge in [-0.2, -0.15) is 5.26 Å². The first-order valence-corrected chi connectivity index (χ1v) is 6.94. The van der Waals surface area contributed by atoms with E-state index in [2.05, 4.69) is 47.3 Å². The Balaban J connectivity index is 1.82. The molecule has 1 unspecified atom stereocenters. The molecule has 1 aliphatic carbocycles. The minimum Gasteiger partial charge on any atom is -0.356 e. The molecule has 0 saturated heterocycles. The zero-order valence-corrected chi connectivity index (χ0v) is 11.6. The van der Waals surface area contributed by atoms with E-state index in [0.29, 0.717) is 11.7 Å². The summed E-state index contributed by atoms with van der Waals surface area (Å²) in [5.41, 5.74) is 3.38. The molecule has 20 heavy (non-hydrogen) atoms. The van der Waals surface area contributed by atoms with E-state index in [-0.39, 0.29) is 0 Å². The number of fused-ring (bicyclic) bond motifs is 1. The maximum absolute atomic E-state index is 8.95. The number of aryl methyl sites for hydroxylation is 1. The van der Waals surface area contributed by atoms with Crippen LogP contribution in [0.4, 0.5) is 5.82 Å². The second-order valence-corrected chi connectivity index (χ2v) is 5.27. The van der Waals surface area contributed by atoms with Gasteiger partial charge in [-0.15, -0.1) is 0 Å². The van der Waals surface area contributed by atoms with Gasteiger partial charge in [0, 0.05) is 13.1 Å². The lowest BCUT2D eigenvalue weighted by Crippen LogP contribution is -2.37. The molecule has 0 bridgehead atoms. The average molecular weight is 263 g/mol. The van der Waals surface area contributed by atoms with Crippen LogP contribution in [0.3, 0.4) is 0 Å². The molecule has 1 atom stereocenters. The minimum atomic E-state index is 0.450. The Bertz CT molecular complexity index is 657. The van der Waals surface area contributed by atoms with E-state index in [1.807, 2.05) is 12.1 Å². The smallest absolute Gasteiger partial charge is 0.142 e. The van der Waals surface area contributed by atoms with E-state index in [9.17, 15) is 0 Å². The number of nitrogens with zero attached hydrogens (tertiary/aromatic N) is 3. The molecule has 3 nitrogen and oxygen atoms in total. The SMILES string of the molecule is CN(c1cccc(C#N)n1)C1CCc2ccccc2C1. The van der Waals surface area contributed by atoms with E-state index in [4.69, 9.17) is 5.26 Å². The largest absolute Gasteiger partial charge is 0.356 e. The van der Waals surface area contributed by atoms with Gasteiger partial charge < -0.3 is 4.90 Å². The van der Waals surface area contributed by atoms with Gasteiger partial charge in [-0.1, -0.05) is 30.3 Å². The van der Waals surface area contributed by atoms with E-state index >= 15 is 0 Å². The molecule has 0 amide bonds. The maximum Gasteiger partial charge on any atom is 0.142 e. The standard InChI is InChI=1S/C17H17N3/c1-20(17-8-4-7-15(12-18)19-17)16-10-9-13-5-2-3-6-14(13)11-16/h2-8,16H,9-11H2,1H3. The third-order valence-corrected chi connectivity index (χ3v) is 4.08. The van der Waals surface area contributed by atoms with Crippen LogP contribution in [0.25, 0.3) is 0 Å². The Morgan fingerprint density at radius 3 is 2.75 bits per heavy atom. The van der Waals surface area contributed by atoms with Crippen LogP contribution in [-0.4, -0.2) is 18.1 Å². The molecule has 100 valence electrons. The first-order valence-electron chi connectivity index (χ1n) is 6.94. The van der Waals surface area contributed by atoms with Crippen molar-refractivity contribution in [2.24, 2.45) is 0 Å². The molecule has 0 saturated carbocycles. The molecule has 0 radical (unpaired) electrons. The highest BCUT2D eigenvalue weighted by molar-refractivity contribution is 5.43. The van der Waals surface area contributed by atoms with Gasteiger partial charge in [-0.25, -0.2) is 4.98 Å². The predicted molar refractivity (Wildman–Crippen MR) is 79.6 cm³/mol. The van der Waals surface area contributed by atoms with Crippen LogP contribution < -0.4 is 4.90 Å². The molecular formula is C17H17N3. The number of nitriles is 1. The fourth-order valence-electron chi connectivity index (χ4n) is 2.88. The lowest BCUT2D eigenvalue weighted by molar-refractivity contribution is 0.544. The number of rotatable bonds is 2. The highest BCUT2D eigenvalue weighted by atomic mass is 15.2. The molecule has 0 fully saturated rings. The van der Waals surface area contributed by atoms with Gasteiger partial charge in [-0.05, 0) is 42.5 Å². The van der Waals surface area contributed by atoms with Gasteiger partial charge in [0.2, 0.25) is 0 Å². The van der Waals surface area contributed by atoms with Crippen LogP contribution >= 0.6 is 0 Å². The normalized spacial score (nSPS) is 17.1. The second kappa shape index (κ2) is 5.34. The van der Waals surface area contributed by atoms with Crippen molar-refractivity contribution in [1.82, 2.24) is 4.98 Å². The number of anilines is 1.